The molecule has 0 aliphatic carbocycles. The lowest BCUT2D eigenvalue weighted by Gasteiger charge is -2.08. The molecule has 0 fully saturated rings. The molecular weight excluding hydrogens is 379 g/mol. The second-order valence-corrected chi connectivity index (χ2v) is 6.23. The van der Waals surface area contributed by atoms with Gasteiger partial charge in [0.25, 0.3) is 5.89 Å². The number of carbonyl (C=O) groups is 1. The van der Waals surface area contributed by atoms with Crippen molar-refractivity contribution in [3.05, 3.63) is 63.5 Å². The highest BCUT2D eigenvalue weighted by atomic mass is 35.5. The first-order chi connectivity index (χ1) is 12.5. The van der Waals surface area contributed by atoms with Crippen LogP contribution in [0, 0.1) is 6.92 Å². The Bertz CT molecular complexity index is 933. The van der Waals surface area contributed by atoms with Crippen LogP contribution in [0.5, 0.6) is 5.75 Å². The van der Waals surface area contributed by atoms with E-state index in [2.05, 4.69) is 10.2 Å². The molecule has 134 valence electrons. The molecular formula is C18H14Cl2N2O4. The number of halogens is 2. The van der Waals surface area contributed by atoms with E-state index >= 15 is 0 Å². The molecule has 3 aromatic rings. The predicted molar refractivity (Wildman–Crippen MR) is 96.6 cm³/mol. The van der Waals surface area contributed by atoms with Gasteiger partial charge in [-0.25, -0.2) is 4.79 Å². The molecule has 0 radical (unpaired) electrons. The fourth-order valence-electron chi connectivity index (χ4n) is 2.29. The molecule has 0 atom stereocenters. The monoisotopic (exact) mass is 392 g/mol. The number of methoxy groups -OCH3 is 1. The van der Waals surface area contributed by atoms with Gasteiger partial charge >= 0.3 is 5.97 Å². The van der Waals surface area contributed by atoms with E-state index in [9.17, 15) is 4.79 Å². The van der Waals surface area contributed by atoms with Gasteiger partial charge in [0, 0.05) is 5.56 Å². The molecule has 0 saturated heterocycles. The average molecular weight is 393 g/mol. The van der Waals surface area contributed by atoms with Crippen LogP contribution < -0.4 is 4.74 Å². The van der Waals surface area contributed by atoms with E-state index in [1.54, 1.807) is 0 Å². The fraction of sp³-hybridized carbons (Fsp3) is 0.167. The topological polar surface area (TPSA) is 74.5 Å². The molecule has 26 heavy (non-hydrogen) atoms. The third-order valence-corrected chi connectivity index (χ3v) is 4.06. The van der Waals surface area contributed by atoms with Gasteiger partial charge < -0.3 is 13.9 Å². The van der Waals surface area contributed by atoms with Crippen LogP contribution in [0.3, 0.4) is 0 Å². The Labute approximate surface area is 159 Å². The highest BCUT2D eigenvalue weighted by Crippen LogP contribution is 2.34. The normalized spacial score (nSPS) is 10.6. The zero-order valence-electron chi connectivity index (χ0n) is 14.0. The molecule has 0 saturated carbocycles. The van der Waals surface area contributed by atoms with E-state index in [-0.39, 0.29) is 28.1 Å². The number of aromatic nitrogens is 2. The first kappa shape index (κ1) is 18.2. The van der Waals surface area contributed by atoms with E-state index in [1.165, 1.54) is 19.2 Å². The van der Waals surface area contributed by atoms with Crippen molar-refractivity contribution < 1.29 is 18.7 Å². The van der Waals surface area contributed by atoms with E-state index in [0.29, 0.717) is 11.6 Å². The molecule has 0 amide bonds. The zero-order valence-corrected chi connectivity index (χ0v) is 15.5. The number of hydrogen-bond donors (Lipinski definition) is 0. The third kappa shape index (κ3) is 3.98. The van der Waals surface area contributed by atoms with Gasteiger partial charge in [0.15, 0.2) is 12.4 Å². The molecule has 0 aliphatic heterocycles. The summed E-state index contributed by atoms with van der Waals surface area (Å²) in [4.78, 5) is 12.2. The summed E-state index contributed by atoms with van der Waals surface area (Å²) in [5.41, 5.74) is 2.06. The third-order valence-electron chi connectivity index (χ3n) is 3.50. The Morgan fingerprint density at radius 2 is 1.88 bits per heavy atom. The van der Waals surface area contributed by atoms with Gasteiger partial charge in [-0.2, -0.15) is 0 Å². The number of nitrogens with zero attached hydrogens (tertiary/aromatic N) is 2. The van der Waals surface area contributed by atoms with Crippen LogP contribution in [0.2, 0.25) is 10.0 Å². The Morgan fingerprint density at radius 1 is 1.15 bits per heavy atom. The first-order valence-corrected chi connectivity index (χ1v) is 8.33. The van der Waals surface area contributed by atoms with Crippen LogP contribution in [0.15, 0.2) is 40.8 Å². The summed E-state index contributed by atoms with van der Waals surface area (Å²) in [5.74, 6) is 0.215. The molecule has 0 N–H and O–H groups in total. The maximum absolute atomic E-state index is 12.2. The lowest BCUT2D eigenvalue weighted by molar-refractivity contribution is 0.0438. The van der Waals surface area contributed by atoms with Crippen molar-refractivity contribution in [3.8, 4) is 17.2 Å². The molecule has 3 rings (SSSR count). The van der Waals surface area contributed by atoms with Gasteiger partial charge in [0.05, 0.1) is 22.7 Å². The zero-order chi connectivity index (χ0) is 18.7. The van der Waals surface area contributed by atoms with E-state index in [0.717, 1.165) is 11.1 Å². The largest absolute Gasteiger partial charge is 0.494 e. The number of rotatable bonds is 5. The summed E-state index contributed by atoms with van der Waals surface area (Å²) < 4.78 is 15.7. The standard InChI is InChI=1S/C18H14Cl2N2O4/c1-10-4-3-5-11(6-10)17-22-21-15(26-17)9-25-18(23)12-7-13(19)16(24-2)14(20)8-12/h3-8H,9H2,1-2H3. The maximum Gasteiger partial charge on any atom is 0.338 e. The summed E-state index contributed by atoms with van der Waals surface area (Å²) in [6, 6.07) is 10.5. The number of benzene rings is 2. The van der Waals surface area contributed by atoms with Gasteiger partial charge in [-0.3, -0.25) is 0 Å². The second kappa shape index (κ2) is 7.76. The van der Waals surface area contributed by atoms with E-state index in [4.69, 9.17) is 37.1 Å². The fourth-order valence-corrected chi connectivity index (χ4v) is 2.93. The number of hydrogen-bond acceptors (Lipinski definition) is 6. The van der Waals surface area contributed by atoms with Gasteiger partial charge in [0.1, 0.15) is 0 Å². The minimum Gasteiger partial charge on any atom is -0.494 e. The summed E-state index contributed by atoms with van der Waals surface area (Å²) >= 11 is 12.0. The first-order valence-electron chi connectivity index (χ1n) is 7.57. The van der Waals surface area contributed by atoms with Gasteiger partial charge in [0.2, 0.25) is 5.89 Å². The summed E-state index contributed by atoms with van der Waals surface area (Å²) in [6.45, 7) is 1.80. The highest BCUT2D eigenvalue weighted by molar-refractivity contribution is 6.37. The van der Waals surface area contributed by atoms with Gasteiger partial charge in [-0.1, -0.05) is 40.9 Å². The molecule has 2 aromatic carbocycles. The molecule has 1 heterocycles. The van der Waals surface area contributed by atoms with Crippen LogP contribution in [0.1, 0.15) is 21.8 Å². The Hall–Kier alpha value is -2.57. The minimum absolute atomic E-state index is 0.168. The van der Waals surface area contributed by atoms with Crippen LogP contribution in [0.25, 0.3) is 11.5 Å². The van der Waals surface area contributed by atoms with Gasteiger partial charge in [-0.15, -0.1) is 10.2 Å². The molecule has 6 nitrogen and oxygen atoms in total. The van der Waals surface area contributed by atoms with Crippen LogP contribution in [-0.4, -0.2) is 23.3 Å². The molecule has 0 aliphatic rings. The summed E-state index contributed by atoms with van der Waals surface area (Å²) in [5, 5.41) is 8.28. The lowest BCUT2D eigenvalue weighted by Crippen LogP contribution is -2.06. The van der Waals surface area contributed by atoms with Crippen molar-refractivity contribution >= 4 is 29.2 Å². The Kier molecular flexibility index (Phi) is 5.44. The molecule has 8 heteroatoms. The number of aryl methyl sites for hydroxylation is 1. The number of carbonyl (C=O) groups excluding carboxylic acids is 1. The quantitative estimate of drug-likeness (QED) is 0.584. The predicted octanol–water partition coefficient (Wildman–Crippen LogP) is 4.72. The smallest absolute Gasteiger partial charge is 0.338 e. The van der Waals surface area contributed by atoms with Crippen LogP contribution in [0.4, 0.5) is 0 Å². The Balaban J connectivity index is 1.69. The maximum atomic E-state index is 12.2. The molecule has 0 spiro atoms. The summed E-state index contributed by atoms with van der Waals surface area (Å²) in [7, 11) is 1.44. The van der Waals surface area contributed by atoms with Crippen LogP contribution >= 0.6 is 23.2 Å². The molecule has 0 unspecified atom stereocenters. The van der Waals surface area contributed by atoms with Crippen LogP contribution in [-0.2, 0) is 11.3 Å². The van der Waals surface area contributed by atoms with Crippen molar-refractivity contribution in [1.82, 2.24) is 10.2 Å². The van der Waals surface area contributed by atoms with Crippen molar-refractivity contribution in [2.24, 2.45) is 0 Å². The average Bonchev–Trinajstić information content (AvgIpc) is 3.08. The minimum atomic E-state index is -0.619. The second-order valence-electron chi connectivity index (χ2n) is 5.42. The van der Waals surface area contributed by atoms with Crippen molar-refractivity contribution in [1.29, 1.82) is 0 Å². The highest BCUT2D eigenvalue weighted by Gasteiger charge is 2.16. The van der Waals surface area contributed by atoms with Crippen molar-refractivity contribution in [3.63, 3.8) is 0 Å². The van der Waals surface area contributed by atoms with Gasteiger partial charge in [-0.05, 0) is 31.2 Å². The number of ether oxygens (including phenoxy) is 2. The van der Waals surface area contributed by atoms with E-state index < -0.39 is 5.97 Å². The van der Waals surface area contributed by atoms with Crippen molar-refractivity contribution in [2.45, 2.75) is 13.5 Å². The SMILES string of the molecule is COc1c(Cl)cc(C(=O)OCc2nnc(-c3cccc(C)c3)o2)cc1Cl. The summed E-state index contributed by atoms with van der Waals surface area (Å²) in [6.07, 6.45) is 0. The Morgan fingerprint density at radius 3 is 2.54 bits per heavy atom. The number of esters is 1. The molecule has 1 aromatic heterocycles. The van der Waals surface area contributed by atoms with E-state index in [1.807, 2.05) is 31.2 Å². The molecule has 0 bridgehead atoms. The van der Waals surface area contributed by atoms with Crippen molar-refractivity contribution in [2.75, 3.05) is 7.11 Å². The lowest BCUT2D eigenvalue weighted by atomic mass is 10.1.